The summed E-state index contributed by atoms with van der Waals surface area (Å²) in [5, 5.41) is 8.84. The molecule has 14 heavy (non-hydrogen) atoms. The maximum absolute atomic E-state index is 10.7. The molecular weight excluding hydrogens is 176 g/mol. The molecule has 0 radical (unpaired) electrons. The third-order valence-electron chi connectivity index (χ3n) is 3.99. The maximum atomic E-state index is 10.7. The summed E-state index contributed by atoms with van der Waals surface area (Å²) < 4.78 is 0. The Morgan fingerprint density at radius 2 is 2.43 bits per heavy atom. The molecule has 0 bridgehead atoms. The first-order valence-electron chi connectivity index (χ1n) is 5.46. The minimum absolute atomic E-state index is 0.0490. The normalized spacial score (nSPS) is 40.0. The zero-order valence-corrected chi connectivity index (χ0v) is 8.92. The second-order valence-corrected chi connectivity index (χ2v) is 5.10. The van der Waals surface area contributed by atoms with Crippen LogP contribution in [0.4, 0.5) is 0 Å². The molecule has 0 saturated heterocycles. The van der Waals surface area contributed by atoms with Crippen molar-refractivity contribution in [3.63, 3.8) is 0 Å². The van der Waals surface area contributed by atoms with Crippen LogP contribution < -0.4 is 0 Å². The average molecular weight is 194 g/mol. The van der Waals surface area contributed by atoms with E-state index in [1.54, 1.807) is 0 Å². The standard InChI is InChI=1S/C12H18O2/c1-3-8-4-9-6-12(2,7-11(13)14)10(9)5-8/h5,9-10H,3-4,6-7H2,1-2H3,(H,13,14). The third-order valence-corrected chi connectivity index (χ3v) is 3.99. The second-order valence-electron chi connectivity index (χ2n) is 5.10. The van der Waals surface area contributed by atoms with Gasteiger partial charge in [-0.15, -0.1) is 0 Å². The lowest BCUT2D eigenvalue weighted by Gasteiger charge is -2.49. The van der Waals surface area contributed by atoms with Crippen LogP contribution in [-0.4, -0.2) is 11.1 Å². The molecule has 2 aliphatic rings. The zero-order valence-electron chi connectivity index (χ0n) is 8.92. The number of fused-ring (bicyclic) bond motifs is 1. The van der Waals surface area contributed by atoms with Crippen LogP contribution in [0.2, 0.25) is 0 Å². The summed E-state index contributed by atoms with van der Waals surface area (Å²) in [6.07, 6.45) is 6.13. The summed E-state index contributed by atoms with van der Waals surface area (Å²) in [6, 6.07) is 0. The molecule has 0 amide bonds. The number of hydrogen-bond donors (Lipinski definition) is 1. The van der Waals surface area contributed by atoms with E-state index < -0.39 is 5.97 Å². The lowest BCUT2D eigenvalue weighted by atomic mass is 9.54. The van der Waals surface area contributed by atoms with E-state index in [1.807, 2.05) is 0 Å². The van der Waals surface area contributed by atoms with Crippen LogP contribution in [0, 0.1) is 17.3 Å². The highest BCUT2D eigenvalue weighted by molar-refractivity contribution is 5.68. The van der Waals surface area contributed by atoms with Crippen molar-refractivity contribution in [3.05, 3.63) is 11.6 Å². The summed E-state index contributed by atoms with van der Waals surface area (Å²) in [6.45, 7) is 4.31. The molecular formula is C12H18O2. The van der Waals surface area contributed by atoms with Gasteiger partial charge in [-0.2, -0.15) is 0 Å². The van der Waals surface area contributed by atoms with E-state index >= 15 is 0 Å². The molecule has 0 aromatic heterocycles. The second kappa shape index (κ2) is 3.11. The quantitative estimate of drug-likeness (QED) is 0.701. The van der Waals surface area contributed by atoms with Gasteiger partial charge in [-0.05, 0) is 36.5 Å². The lowest BCUT2D eigenvalue weighted by Crippen LogP contribution is -2.44. The van der Waals surface area contributed by atoms with Crippen LogP contribution in [0.15, 0.2) is 11.6 Å². The molecule has 2 rings (SSSR count). The Morgan fingerprint density at radius 1 is 1.71 bits per heavy atom. The lowest BCUT2D eigenvalue weighted by molar-refractivity contribution is -0.143. The predicted octanol–water partition coefficient (Wildman–Crippen LogP) is 2.84. The molecule has 0 spiro atoms. The molecule has 0 heterocycles. The Labute approximate surface area is 85.0 Å². The molecule has 2 aliphatic carbocycles. The van der Waals surface area contributed by atoms with Crippen molar-refractivity contribution >= 4 is 5.97 Å². The molecule has 3 unspecified atom stereocenters. The fourth-order valence-corrected chi connectivity index (χ4v) is 3.26. The van der Waals surface area contributed by atoms with Crippen molar-refractivity contribution in [1.29, 1.82) is 0 Å². The monoisotopic (exact) mass is 194 g/mol. The average Bonchev–Trinajstić information content (AvgIpc) is 2.42. The van der Waals surface area contributed by atoms with Gasteiger partial charge in [-0.3, -0.25) is 4.79 Å². The highest BCUT2D eigenvalue weighted by atomic mass is 16.4. The summed E-state index contributed by atoms with van der Waals surface area (Å²) in [5.74, 6) is 0.659. The molecule has 0 aliphatic heterocycles. The van der Waals surface area contributed by atoms with E-state index in [4.69, 9.17) is 5.11 Å². The van der Waals surface area contributed by atoms with E-state index in [0.717, 1.165) is 18.8 Å². The summed E-state index contributed by atoms with van der Waals surface area (Å²) in [4.78, 5) is 10.7. The third kappa shape index (κ3) is 1.37. The fourth-order valence-electron chi connectivity index (χ4n) is 3.26. The summed E-state index contributed by atoms with van der Waals surface area (Å²) in [7, 11) is 0. The number of rotatable bonds is 3. The fraction of sp³-hybridized carbons (Fsp3) is 0.750. The van der Waals surface area contributed by atoms with Crippen LogP contribution in [0.3, 0.4) is 0 Å². The smallest absolute Gasteiger partial charge is 0.303 e. The number of carboxylic acid groups (broad SMARTS) is 1. The van der Waals surface area contributed by atoms with Crippen molar-refractivity contribution in [2.24, 2.45) is 17.3 Å². The van der Waals surface area contributed by atoms with Crippen LogP contribution in [0.25, 0.3) is 0 Å². The molecule has 2 heteroatoms. The molecule has 3 atom stereocenters. The van der Waals surface area contributed by atoms with Gasteiger partial charge in [0.1, 0.15) is 0 Å². The molecule has 78 valence electrons. The SMILES string of the molecule is CCC1=CC2C(C1)CC2(C)CC(=O)O. The number of hydrogen-bond acceptors (Lipinski definition) is 1. The van der Waals surface area contributed by atoms with Crippen LogP contribution in [0.1, 0.15) is 39.5 Å². The molecule has 0 aromatic rings. The van der Waals surface area contributed by atoms with E-state index in [1.165, 1.54) is 12.0 Å². The van der Waals surface area contributed by atoms with Gasteiger partial charge in [0.05, 0.1) is 6.42 Å². The summed E-state index contributed by atoms with van der Waals surface area (Å²) >= 11 is 0. The van der Waals surface area contributed by atoms with Gasteiger partial charge in [0.15, 0.2) is 0 Å². The van der Waals surface area contributed by atoms with Gasteiger partial charge in [0.25, 0.3) is 0 Å². The number of aliphatic carboxylic acids is 1. The summed E-state index contributed by atoms with van der Waals surface area (Å²) in [5.41, 5.74) is 1.59. The van der Waals surface area contributed by atoms with Crippen molar-refractivity contribution in [2.75, 3.05) is 0 Å². The van der Waals surface area contributed by atoms with Gasteiger partial charge >= 0.3 is 5.97 Å². The minimum atomic E-state index is -0.649. The minimum Gasteiger partial charge on any atom is -0.481 e. The van der Waals surface area contributed by atoms with E-state index in [0.29, 0.717) is 12.3 Å². The Bertz CT molecular complexity index is 293. The van der Waals surface area contributed by atoms with Crippen LogP contribution in [0.5, 0.6) is 0 Å². The first kappa shape index (κ1) is 9.75. The molecule has 1 N–H and O–H groups in total. The van der Waals surface area contributed by atoms with Gasteiger partial charge in [-0.1, -0.05) is 25.5 Å². The predicted molar refractivity (Wildman–Crippen MR) is 54.9 cm³/mol. The van der Waals surface area contributed by atoms with E-state index in [-0.39, 0.29) is 5.41 Å². The van der Waals surface area contributed by atoms with Crippen molar-refractivity contribution < 1.29 is 9.90 Å². The topological polar surface area (TPSA) is 37.3 Å². The Kier molecular flexibility index (Phi) is 2.17. The number of carboxylic acids is 1. The number of allylic oxidation sites excluding steroid dienone is 2. The van der Waals surface area contributed by atoms with Crippen LogP contribution in [-0.2, 0) is 4.79 Å². The molecule has 1 fully saturated rings. The Balaban J connectivity index is 2.06. The first-order valence-corrected chi connectivity index (χ1v) is 5.46. The van der Waals surface area contributed by atoms with E-state index in [2.05, 4.69) is 19.9 Å². The van der Waals surface area contributed by atoms with Crippen LogP contribution >= 0.6 is 0 Å². The molecule has 1 saturated carbocycles. The van der Waals surface area contributed by atoms with Gasteiger partial charge < -0.3 is 5.11 Å². The number of carbonyl (C=O) groups is 1. The molecule has 2 nitrogen and oxygen atoms in total. The zero-order chi connectivity index (χ0) is 10.3. The highest BCUT2D eigenvalue weighted by Gasteiger charge is 2.52. The maximum Gasteiger partial charge on any atom is 0.303 e. The van der Waals surface area contributed by atoms with Crippen molar-refractivity contribution in [2.45, 2.75) is 39.5 Å². The first-order chi connectivity index (χ1) is 6.55. The van der Waals surface area contributed by atoms with Gasteiger partial charge in [0.2, 0.25) is 0 Å². The van der Waals surface area contributed by atoms with Crippen molar-refractivity contribution in [1.82, 2.24) is 0 Å². The Hall–Kier alpha value is -0.790. The molecule has 0 aromatic carbocycles. The van der Waals surface area contributed by atoms with Crippen molar-refractivity contribution in [3.8, 4) is 0 Å². The largest absolute Gasteiger partial charge is 0.481 e. The highest BCUT2D eigenvalue weighted by Crippen LogP contribution is 2.59. The Morgan fingerprint density at radius 3 is 3.00 bits per heavy atom. The van der Waals surface area contributed by atoms with Gasteiger partial charge in [0, 0.05) is 0 Å². The van der Waals surface area contributed by atoms with E-state index in [9.17, 15) is 4.79 Å². The van der Waals surface area contributed by atoms with Gasteiger partial charge in [-0.25, -0.2) is 0 Å².